The van der Waals surface area contributed by atoms with Crippen molar-refractivity contribution in [3.63, 3.8) is 0 Å². The molecule has 2 aromatic carbocycles. The lowest BCUT2D eigenvalue weighted by Gasteiger charge is -2.31. The number of imide groups is 1. The van der Waals surface area contributed by atoms with Gasteiger partial charge < -0.3 is 14.4 Å². The molecule has 0 aromatic heterocycles. The van der Waals surface area contributed by atoms with Crippen LogP contribution in [0.25, 0.3) is 0 Å². The summed E-state index contributed by atoms with van der Waals surface area (Å²) in [6.45, 7) is 0.0625. The van der Waals surface area contributed by atoms with Gasteiger partial charge >= 0.3 is 12.2 Å². The van der Waals surface area contributed by atoms with Gasteiger partial charge in [-0.1, -0.05) is 49.6 Å². The van der Waals surface area contributed by atoms with E-state index in [4.69, 9.17) is 9.47 Å². The molecular weight excluding hydrogens is 437 g/mol. The Hall–Kier alpha value is -3.23. The summed E-state index contributed by atoms with van der Waals surface area (Å²) in [6.07, 6.45) is -0.227. The molecule has 0 heterocycles. The van der Waals surface area contributed by atoms with E-state index in [0.717, 1.165) is 43.7 Å². The number of carbonyl (C=O) groups is 2. The van der Waals surface area contributed by atoms with Crippen LogP contribution in [0.5, 0.6) is 11.5 Å². The van der Waals surface area contributed by atoms with Gasteiger partial charge in [-0.15, -0.1) is 0 Å². The van der Waals surface area contributed by atoms with Gasteiger partial charge in [0.15, 0.2) is 11.5 Å². The molecule has 6 nitrogen and oxygen atoms in total. The van der Waals surface area contributed by atoms with E-state index in [1.54, 1.807) is 31.3 Å². The van der Waals surface area contributed by atoms with Crippen LogP contribution in [-0.2, 0) is 12.8 Å². The molecule has 1 fully saturated rings. The van der Waals surface area contributed by atoms with Crippen molar-refractivity contribution in [1.29, 1.82) is 0 Å². The predicted octanol–water partition coefficient (Wildman–Crippen LogP) is 5.41. The Bertz CT molecular complexity index is 974. The molecule has 1 aliphatic rings. The highest BCUT2D eigenvalue weighted by molar-refractivity contribution is 6.05. The maximum absolute atomic E-state index is 13.7. The molecule has 9 heteroatoms. The van der Waals surface area contributed by atoms with Crippen molar-refractivity contribution in [2.75, 3.05) is 14.2 Å². The van der Waals surface area contributed by atoms with E-state index in [9.17, 15) is 22.8 Å². The van der Waals surface area contributed by atoms with E-state index in [2.05, 4.69) is 5.32 Å². The maximum Gasteiger partial charge on any atom is 0.417 e. The monoisotopic (exact) mass is 464 g/mol. The maximum atomic E-state index is 13.7. The molecule has 3 rings (SSSR count). The van der Waals surface area contributed by atoms with E-state index in [0.29, 0.717) is 6.07 Å². The first-order valence-electron chi connectivity index (χ1n) is 10.7. The number of methoxy groups -OCH3 is 1. The highest BCUT2D eigenvalue weighted by Gasteiger charge is 2.37. The van der Waals surface area contributed by atoms with Crippen molar-refractivity contribution in [3.05, 3.63) is 59.2 Å². The SMILES string of the molecule is COc1cc(C(F)(F)F)c(C(=O)NC(=O)N(C)C2CCCCC2)cc1OCc1ccccc1. The first-order valence-corrected chi connectivity index (χ1v) is 10.7. The van der Waals surface area contributed by atoms with Gasteiger partial charge in [0.2, 0.25) is 0 Å². The number of nitrogens with one attached hydrogen (secondary N) is 1. The summed E-state index contributed by atoms with van der Waals surface area (Å²) in [5.41, 5.74) is -1.14. The quantitative estimate of drug-likeness (QED) is 0.621. The second-order valence-corrected chi connectivity index (χ2v) is 7.98. The van der Waals surface area contributed by atoms with Gasteiger partial charge in [-0.2, -0.15) is 13.2 Å². The molecule has 1 N–H and O–H groups in total. The Labute approximate surface area is 190 Å². The number of hydrogen-bond donors (Lipinski definition) is 1. The van der Waals surface area contributed by atoms with E-state index >= 15 is 0 Å². The number of nitrogens with zero attached hydrogens (tertiary/aromatic N) is 1. The minimum absolute atomic E-state index is 0.0346. The summed E-state index contributed by atoms with van der Waals surface area (Å²) in [7, 11) is 2.76. The first kappa shape index (κ1) is 24.4. The second kappa shape index (κ2) is 10.6. The number of rotatable bonds is 6. The fourth-order valence-electron chi connectivity index (χ4n) is 3.88. The summed E-state index contributed by atoms with van der Waals surface area (Å²) < 4.78 is 51.9. The van der Waals surface area contributed by atoms with Crippen LogP contribution in [0.15, 0.2) is 42.5 Å². The molecule has 1 aliphatic carbocycles. The summed E-state index contributed by atoms with van der Waals surface area (Å²) in [5.74, 6) is -1.35. The van der Waals surface area contributed by atoms with Crippen molar-refractivity contribution in [2.45, 2.75) is 50.9 Å². The van der Waals surface area contributed by atoms with Crippen LogP contribution >= 0.6 is 0 Å². The molecule has 1 saturated carbocycles. The smallest absolute Gasteiger partial charge is 0.417 e. The summed E-state index contributed by atoms with van der Waals surface area (Å²) >= 11 is 0. The van der Waals surface area contributed by atoms with E-state index in [-0.39, 0.29) is 24.1 Å². The van der Waals surface area contributed by atoms with Crippen LogP contribution in [-0.4, -0.2) is 37.0 Å². The van der Waals surface area contributed by atoms with Crippen LogP contribution < -0.4 is 14.8 Å². The lowest BCUT2D eigenvalue weighted by molar-refractivity contribution is -0.138. The minimum Gasteiger partial charge on any atom is -0.493 e. The van der Waals surface area contributed by atoms with Crippen molar-refractivity contribution in [3.8, 4) is 11.5 Å². The molecule has 0 unspecified atom stereocenters. The fraction of sp³-hybridized carbons (Fsp3) is 0.417. The molecule has 2 aromatic rings. The standard InChI is InChI=1S/C24H27F3N2O4/c1-29(17-11-7-4-8-12-17)23(31)28-22(30)18-13-21(33-15-16-9-5-3-6-10-16)20(32-2)14-19(18)24(25,26)27/h3,5-6,9-10,13-14,17H,4,7-8,11-12,15H2,1-2H3,(H,28,30,31). The van der Waals surface area contributed by atoms with Gasteiger partial charge in [0.1, 0.15) is 6.61 Å². The Morgan fingerprint density at radius 1 is 1.06 bits per heavy atom. The van der Waals surface area contributed by atoms with Crippen molar-refractivity contribution >= 4 is 11.9 Å². The molecular formula is C24H27F3N2O4. The number of alkyl halides is 3. The van der Waals surface area contributed by atoms with Gasteiger partial charge in [-0.05, 0) is 30.5 Å². The van der Waals surface area contributed by atoms with Crippen LogP contribution in [0.4, 0.5) is 18.0 Å². The lowest BCUT2D eigenvalue weighted by Crippen LogP contribution is -2.46. The normalized spacial score (nSPS) is 14.5. The molecule has 33 heavy (non-hydrogen) atoms. The zero-order chi connectivity index (χ0) is 24.0. The Balaban J connectivity index is 1.85. The van der Waals surface area contributed by atoms with Crippen LogP contribution in [0.2, 0.25) is 0 Å². The summed E-state index contributed by atoms with van der Waals surface area (Å²) in [5, 5.41) is 2.10. The zero-order valence-electron chi connectivity index (χ0n) is 18.6. The first-order chi connectivity index (χ1) is 15.7. The third kappa shape index (κ3) is 6.18. The number of carbonyl (C=O) groups excluding carboxylic acids is 2. The Morgan fingerprint density at radius 3 is 2.33 bits per heavy atom. The summed E-state index contributed by atoms with van der Waals surface area (Å²) in [4.78, 5) is 26.7. The molecule has 0 aliphatic heterocycles. The van der Waals surface area contributed by atoms with Gasteiger partial charge in [0.25, 0.3) is 5.91 Å². The topological polar surface area (TPSA) is 67.9 Å². The molecule has 0 spiro atoms. The average molecular weight is 464 g/mol. The van der Waals surface area contributed by atoms with E-state index in [1.807, 2.05) is 6.07 Å². The predicted molar refractivity (Wildman–Crippen MR) is 116 cm³/mol. The van der Waals surface area contributed by atoms with Crippen LogP contribution in [0.3, 0.4) is 0 Å². The Kier molecular flexibility index (Phi) is 7.84. The van der Waals surface area contributed by atoms with E-state index in [1.165, 1.54) is 12.0 Å². The number of benzene rings is 2. The second-order valence-electron chi connectivity index (χ2n) is 7.98. The number of ether oxygens (including phenoxy) is 2. The number of halogens is 3. The van der Waals surface area contributed by atoms with Crippen molar-refractivity contribution in [1.82, 2.24) is 10.2 Å². The minimum atomic E-state index is -4.84. The van der Waals surface area contributed by atoms with Crippen molar-refractivity contribution < 1.29 is 32.2 Å². The van der Waals surface area contributed by atoms with Gasteiger partial charge in [0, 0.05) is 13.1 Å². The third-order valence-electron chi connectivity index (χ3n) is 5.75. The fourth-order valence-corrected chi connectivity index (χ4v) is 3.88. The largest absolute Gasteiger partial charge is 0.493 e. The van der Waals surface area contributed by atoms with Crippen LogP contribution in [0, 0.1) is 0 Å². The molecule has 3 amide bonds. The number of amides is 3. The number of urea groups is 1. The lowest BCUT2D eigenvalue weighted by atomic mass is 9.95. The highest BCUT2D eigenvalue weighted by Crippen LogP contribution is 2.39. The molecule has 0 saturated heterocycles. The van der Waals surface area contributed by atoms with Gasteiger partial charge in [-0.25, -0.2) is 4.79 Å². The van der Waals surface area contributed by atoms with Crippen LogP contribution in [0.1, 0.15) is 53.6 Å². The van der Waals surface area contributed by atoms with Crippen molar-refractivity contribution in [2.24, 2.45) is 0 Å². The summed E-state index contributed by atoms with van der Waals surface area (Å²) in [6, 6.07) is 9.92. The Morgan fingerprint density at radius 2 is 1.73 bits per heavy atom. The molecule has 0 radical (unpaired) electrons. The number of hydrogen-bond acceptors (Lipinski definition) is 4. The third-order valence-corrected chi connectivity index (χ3v) is 5.75. The van der Waals surface area contributed by atoms with Gasteiger partial charge in [-0.3, -0.25) is 10.1 Å². The molecule has 0 bridgehead atoms. The van der Waals surface area contributed by atoms with E-state index < -0.39 is 29.2 Å². The highest BCUT2D eigenvalue weighted by atomic mass is 19.4. The zero-order valence-corrected chi connectivity index (χ0v) is 18.6. The van der Waals surface area contributed by atoms with Gasteiger partial charge in [0.05, 0.1) is 18.2 Å². The molecule has 0 atom stereocenters. The average Bonchev–Trinajstić information content (AvgIpc) is 2.82. The molecule has 178 valence electrons.